The first-order valence-electron chi connectivity index (χ1n) is 9.10. The molecule has 1 amide bonds. The zero-order valence-corrected chi connectivity index (χ0v) is 15.1. The van der Waals surface area contributed by atoms with Gasteiger partial charge in [0.25, 0.3) is 5.56 Å². The predicted octanol–water partition coefficient (Wildman–Crippen LogP) is 2.02. The van der Waals surface area contributed by atoms with E-state index in [2.05, 4.69) is 11.1 Å². The molecule has 1 aliphatic rings. The number of anilines is 2. The Morgan fingerprint density at radius 2 is 2.08 bits per heavy atom. The Bertz CT molecular complexity index is 748. The van der Waals surface area contributed by atoms with Gasteiger partial charge < -0.3 is 10.6 Å². The van der Waals surface area contributed by atoms with Gasteiger partial charge in [-0.05, 0) is 32.1 Å². The highest BCUT2D eigenvalue weighted by Gasteiger charge is 2.29. The highest BCUT2D eigenvalue weighted by Crippen LogP contribution is 2.25. The third kappa shape index (κ3) is 4.21. The Labute approximate surface area is 147 Å². The number of aromatic nitrogens is 2. The van der Waals surface area contributed by atoms with E-state index in [4.69, 9.17) is 5.73 Å². The number of carbonyl (C=O) groups excluding carboxylic acids is 1. The van der Waals surface area contributed by atoms with Crippen molar-refractivity contribution < 1.29 is 4.79 Å². The molecule has 7 heteroatoms. The van der Waals surface area contributed by atoms with E-state index in [-0.39, 0.29) is 23.3 Å². The molecule has 1 aromatic heterocycles. The van der Waals surface area contributed by atoms with Crippen molar-refractivity contribution in [3.05, 3.63) is 33.0 Å². The van der Waals surface area contributed by atoms with Crippen LogP contribution in [0.25, 0.3) is 0 Å². The van der Waals surface area contributed by atoms with Crippen LogP contribution < -0.4 is 21.9 Å². The number of aromatic amines is 1. The van der Waals surface area contributed by atoms with E-state index >= 15 is 0 Å². The van der Waals surface area contributed by atoms with E-state index in [1.165, 1.54) is 9.47 Å². The van der Waals surface area contributed by atoms with Crippen molar-refractivity contribution in [3.8, 4) is 0 Å². The molecular formula is C18H28N4O3. The number of hydrogen-bond acceptors (Lipinski definition) is 4. The molecule has 25 heavy (non-hydrogen) atoms. The summed E-state index contributed by atoms with van der Waals surface area (Å²) in [6, 6.07) is 0. The maximum Gasteiger partial charge on any atom is 0.330 e. The fourth-order valence-corrected chi connectivity index (χ4v) is 3.17. The number of hydrogen-bond donors (Lipinski definition) is 2. The number of nitrogens with one attached hydrogen (secondary N) is 1. The maximum absolute atomic E-state index is 13.0. The van der Waals surface area contributed by atoms with Crippen LogP contribution in [0, 0.1) is 5.92 Å². The average molecular weight is 348 g/mol. The van der Waals surface area contributed by atoms with Gasteiger partial charge >= 0.3 is 5.69 Å². The Morgan fingerprint density at radius 1 is 1.32 bits per heavy atom. The van der Waals surface area contributed by atoms with Crippen molar-refractivity contribution in [2.75, 3.05) is 17.2 Å². The lowest BCUT2D eigenvalue weighted by molar-refractivity contribution is -0.122. The third-order valence-electron chi connectivity index (χ3n) is 4.55. The molecular weight excluding hydrogens is 320 g/mol. The Hall–Kier alpha value is -2.31. The van der Waals surface area contributed by atoms with Crippen molar-refractivity contribution in [1.82, 2.24) is 9.55 Å². The molecule has 1 aliphatic carbocycles. The molecule has 0 saturated heterocycles. The lowest BCUT2D eigenvalue weighted by Gasteiger charge is -2.28. The second-order valence-corrected chi connectivity index (χ2v) is 6.47. The normalized spacial score (nSPS) is 16.8. The van der Waals surface area contributed by atoms with Gasteiger partial charge in [0.15, 0.2) is 5.69 Å². The molecule has 1 heterocycles. The van der Waals surface area contributed by atoms with Gasteiger partial charge in [0, 0.05) is 19.0 Å². The summed E-state index contributed by atoms with van der Waals surface area (Å²) >= 11 is 0. The predicted molar refractivity (Wildman–Crippen MR) is 99.8 cm³/mol. The molecule has 0 aromatic carbocycles. The summed E-state index contributed by atoms with van der Waals surface area (Å²) in [5, 5.41) is 0. The van der Waals surface area contributed by atoms with E-state index in [0.29, 0.717) is 25.9 Å². The molecule has 0 radical (unpaired) electrons. The molecule has 0 unspecified atom stereocenters. The van der Waals surface area contributed by atoms with Crippen LogP contribution in [0.4, 0.5) is 11.5 Å². The molecule has 0 spiro atoms. The minimum absolute atomic E-state index is 0.0790. The number of allylic oxidation sites excluding steroid dienone is 2. The third-order valence-corrected chi connectivity index (χ3v) is 4.55. The quantitative estimate of drug-likeness (QED) is 0.736. The number of nitrogens with zero attached hydrogens (tertiary/aromatic N) is 2. The van der Waals surface area contributed by atoms with E-state index in [1.807, 2.05) is 19.9 Å². The molecule has 1 aromatic rings. The minimum Gasteiger partial charge on any atom is -0.383 e. The molecule has 7 nitrogen and oxygen atoms in total. The number of nitrogens with two attached hydrogens (primary N) is 1. The van der Waals surface area contributed by atoms with Crippen LogP contribution in [0.5, 0.6) is 0 Å². The number of nitrogen functional groups attached to an aromatic ring is 1. The number of amides is 1. The van der Waals surface area contributed by atoms with Crippen LogP contribution in [0.1, 0.15) is 52.4 Å². The SMILES string of the molecule is CCCCn1c(N)c(N(CCC)C(=O)[C@@H]2CC=CCC2)c(=O)[nH]c1=O. The fraction of sp³-hybridized carbons (Fsp3) is 0.611. The summed E-state index contributed by atoms with van der Waals surface area (Å²) in [5.41, 5.74) is 5.15. The van der Waals surface area contributed by atoms with Crippen molar-refractivity contribution in [2.45, 2.75) is 58.9 Å². The van der Waals surface area contributed by atoms with Crippen molar-refractivity contribution >= 4 is 17.4 Å². The summed E-state index contributed by atoms with van der Waals surface area (Å²) in [6.07, 6.45) is 8.73. The first-order chi connectivity index (χ1) is 12.0. The van der Waals surface area contributed by atoms with Crippen molar-refractivity contribution in [2.24, 2.45) is 5.92 Å². The van der Waals surface area contributed by atoms with E-state index in [1.54, 1.807) is 0 Å². The molecule has 0 saturated carbocycles. The van der Waals surface area contributed by atoms with Gasteiger partial charge in [-0.25, -0.2) is 4.79 Å². The van der Waals surface area contributed by atoms with Crippen LogP contribution in [-0.4, -0.2) is 22.0 Å². The Morgan fingerprint density at radius 3 is 2.68 bits per heavy atom. The number of H-pyrrole nitrogens is 1. The van der Waals surface area contributed by atoms with Crippen LogP contribution >= 0.6 is 0 Å². The largest absolute Gasteiger partial charge is 0.383 e. The summed E-state index contributed by atoms with van der Waals surface area (Å²) in [6.45, 7) is 4.78. The summed E-state index contributed by atoms with van der Waals surface area (Å²) in [5.74, 6) is -0.161. The number of carbonyl (C=O) groups is 1. The second-order valence-electron chi connectivity index (χ2n) is 6.47. The van der Waals surface area contributed by atoms with Gasteiger partial charge in [-0.15, -0.1) is 0 Å². The van der Waals surface area contributed by atoms with Gasteiger partial charge in [0.2, 0.25) is 5.91 Å². The minimum atomic E-state index is -0.594. The van der Waals surface area contributed by atoms with Crippen molar-refractivity contribution in [1.29, 1.82) is 0 Å². The lowest BCUT2D eigenvalue weighted by Crippen LogP contribution is -2.44. The molecule has 1 atom stereocenters. The van der Waals surface area contributed by atoms with Crippen molar-refractivity contribution in [3.63, 3.8) is 0 Å². The standard InChI is InChI=1S/C18H28N4O3/c1-3-5-12-22-15(19)14(16(23)20-18(22)25)21(11-4-2)17(24)13-9-7-6-8-10-13/h6-7,13H,3-5,8-12,19H2,1-2H3,(H,20,23,25)/t13-/m1/s1. The van der Waals surface area contributed by atoms with Gasteiger partial charge in [-0.3, -0.25) is 19.1 Å². The van der Waals surface area contributed by atoms with Crippen LogP contribution in [-0.2, 0) is 11.3 Å². The van der Waals surface area contributed by atoms with Crippen LogP contribution in [0.3, 0.4) is 0 Å². The molecule has 0 fully saturated rings. The highest BCUT2D eigenvalue weighted by molar-refractivity contribution is 5.97. The number of rotatable bonds is 7. The molecule has 3 N–H and O–H groups in total. The zero-order valence-electron chi connectivity index (χ0n) is 15.1. The first-order valence-corrected chi connectivity index (χ1v) is 9.10. The lowest BCUT2D eigenvalue weighted by atomic mass is 9.93. The van der Waals surface area contributed by atoms with Gasteiger partial charge in [-0.1, -0.05) is 32.4 Å². The molecule has 0 bridgehead atoms. The van der Waals surface area contributed by atoms with E-state index in [9.17, 15) is 14.4 Å². The van der Waals surface area contributed by atoms with Gasteiger partial charge in [-0.2, -0.15) is 0 Å². The fourth-order valence-electron chi connectivity index (χ4n) is 3.17. The summed E-state index contributed by atoms with van der Waals surface area (Å²) < 4.78 is 1.36. The topological polar surface area (TPSA) is 101 Å². The molecule has 2 rings (SSSR count). The number of unbranched alkanes of at least 4 members (excludes halogenated alkanes) is 1. The molecule has 138 valence electrons. The van der Waals surface area contributed by atoms with E-state index < -0.39 is 11.2 Å². The summed E-state index contributed by atoms with van der Waals surface area (Å²) in [4.78, 5) is 41.3. The maximum atomic E-state index is 13.0. The smallest absolute Gasteiger partial charge is 0.330 e. The van der Waals surface area contributed by atoms with E-state index in [0.717, 1.165) is 25.7 Å². The average Bonchev–Trinajstić information content (AvgIpc) is 2.60. The first kappa shape index (κ1) is 19.0. The van der Waals surface area contributed by atoms with Crippen LogP contribution in [0.2, 0.25) is 0 Å². The Kier molecular flexibility index (Phi) is 6.61. The molecule has 0 aliphatic heterocycles. The second kappa shape index (κ2) is 8.69. The Balaban J connectivity index is 2.46. The van der Waals surface area contributed by atoms with Gasteiger partial charge in [0.05, 0.1) is 0 Å². The monoisotopic (exact) mass is 348 g/mol. The van der Waals surface area contributed by atoms with Crippen LogP contribution in [0.15, 0.2) is 21.7 Å². The zero-order chi connectivity index (χ0) is 18.4. The summed E-state index contributed by atoms with van der Waals surface area (Å²) in [7, 11) is 0. The van der Waals surface area contributed by atoms with Gasteiger partial charge in [0.1, 0.15) is 5.82 Å². The highest BCUT2D eigenvalue weighted by atomic mass is 16.2.